The first kappa shape index (κ1) is 13.3. The maximum Gasteiger partial charge on any atom is 0.184 e. The van der Waals surface area contributed by atoms with Crippen LogP contribution >= 0.6 is 34.8 Å². The molecule has 0 saturated carbocycles. The summed E-state index contributed by atoms with van der Waals surface area (Å²) in [4.78, 5) is 8.37. The van der Waals surface area contributed by atoms with E-state index in [1.807, 2.05) is 12.1 Å². The summed E-state index contributed by atoms with van der Waals surface area (Å²) in [5.41, 5.74) is 1.63. The number of aromatic amines is 1. The Kier molecular flexibility index (Phi) is 3.56. The molecule has 0 spiro atoms. The average molecular weight is 327 g/mol. The van der Waals surface area contributed by atoms with Gasteiger partial charge in [-0.05, 0) is 6.07 Å². The highest BCUT2D eigenvalue weighted by atomic mass is 35.5. The molecule has 0 bridgehead atoms. The highest BCUT2D eigenvalue weighted by molar-refractivity contribution is 6.40. The lowest BCUT2D eigenvalue weighted by Gasteiger charge is -2.08. The molecular weight excluding hydrogens is 321 g/mol. The molecule has 2 heterocycles. The van der Waals surface area contributed by atoms with Crippen LogP contribution in [0, 0.1) is 0 Å². The van der Waals surface area contributed by atoms with Gasteiger partial charge in [0.15, 0.2) is 5.82 Å². The second-order valence-corrected chi connectivity index (χ2v) is 4.96. The Morgan fingerprint density at radius 1 is 0.950 bits per heavy atom. The predicted octanol–water partition coefficient (Wildman–Crippen LogP) is 3.89. The quantitative estimate of drug-likeness (QED) is 0.725. The van der Waals surface area contributed by atoms with Gasteiger partial charge in [-0.25, -0.2) is 9.97 Å². The molecule has 20 heavy (non-hydrogen) atoms. The number of benzene rings is 1. The molecule has 5 nitrogen and oxygen atoms in total. The molecule has 0 aliphatic carbocycles. The van der Waals surface area contributed by atoms with E-state index in [0.717, 1.165) is 0 Å². The second kappa shape index (κ2) is 5.36. The van der Waals surface area contributed by atoms with Gasteiger partial charge in [0.1, 0.15) is 16.0 Å². The van der Waals surface area contributed by atoms with Crippen LogP contribution in [-0.2, 0) is 0 Å². The van der Waals surface area contributed by atoms with Crippen molar-refractivity contribution >= 4 is 34.8 Å². The topological polar surface area (TPSA) is 67.3 Å². The first-order valence-corrected chi connectivity index (χ1v) is 6.64. The van der Waals surface area contributed by atoms with Crippen molar-refractivity contribution in [1.29, 1.82) is 0 Å². The molecule has 0 aliphatic heterocycles. The fraction of sp³-hybridized carbons (Fsp3) is 0. The molecule has 0 radical (unpaired) electrons. The summed E-state index contributed by atoms with van der Waals surface area (Å²) in [7, 11) is 0. The van der Waals surface area contributed by atoms with Gasteiger partial charge in [0.2, 0.25) is 0 Å². The van der Waals surface area contributed by atoms with Gasteiger partial charge < -0.3 is 0 Å². The third-order valence-corrected chi connectivity index (χ3v) is 3.48. The van der Waals surface area contributed by atoms with Crippen LogP contribution in [0.15, 0.2) is 30.5 Å². The molecule has 0 aliphatic rings. The maximum atomic E-state index is 6.21. The first-order chi connectivity index (χ1) is 9.66. The van der Waals surface area contributed by atoms with Crippen LogP contribution in [0.2, 0.25) is 15.3 Å². The monoisotopic (exact) mass is 325 g/mol. The van der Waals surface area contributed by atoms with Crippen LogP contribution in [0.5, 0.6) is 0 Å². The molecule has 1 N–H and O–H groups in total. The van der Waals surface area contributed by atoms with E-state index < -0.39 is 0 Å². The van der Waals surface area contributed by atoms with Crippen molar-refractivity contribution in [2.24, 2.45) is 0 Å². The van der Waals surface area contributed by atoms with Crippen molar-refractivity contribution in [3.8, 4) is 22.6 Å². The summed E-state index contributed by atoms with van der Waals surface area (Å²) in [6.45, 7) is 0. The second-order valence-electron chi connectivity index (χ2n) is 3.84. The van der Waals surface area contributed by atoms with Gasteiger partial charge in [0.05, 0.1) is 11.8 Å². The Morgan fingerprint density at radius 3 is 2.25 bits per heavy atom. The van der Waals surface area contributed by atoms with Crippen LogP contribution in [0.3, 0.4) is 0 Å². The first-order valence-electron chi connectivity index (χ1n) is 5.51. The number of nitrogens with zero attached hydrogens (tertiary/aromatic N) is 4. The third kappa shape index (κ3) is 2.35. The Bertz CT molecular complexity index is 735. The van der Waals surface area contributed by atoms with E-state index in [0.29, 0.717) is 27.7 Å². The number of nitrogens with one attached hydrogen (secondary N) is 1. The summed E-state index contributed by atoms with van der Waals surface area (Å²) >= 11 is 18.6. The van der Waals surface area contributed by atoms with E-state index in [-0.39, 0.29) is 10.3 Å². The molecule has 0 atom stereocenters. The van der Waals surface area contributed by atoms with Crippen LogP contribution < -0.4 is 0 Å². The molecule has 3 rings (SSSR count). The summed E-state index contributed by atoms with van der Waals surface area (Å²) in [5.74, 6) is 0.296. The van der Waals surface area contributed by atoms with Crippen molar-refractivity contribution in [2.45, 2.75) is 0 Å². The molecule has 0 fully saturated rings. The minimum Gasteiger partial charge on any atom is -0.214 e. The van der Waals surface area contributed by atoms with Crippen molar-refractivity contribution in [3.05, 3.63) is 45.8 Å². The lowest BCUT2D eigenvalue weighted by molar-refractivity contribution is 0.938. The molecular formula is C12H6Cl3N5. The molecule has 0 unspecified atom stereocenters. The minimum absolute atomic E-state index is 0.205. The number of halogens is 3. The average Bonchev–Trinajstić information content (AvgIpc) is 2.94. The lowest BCUT2D eigenvalue weighted by atomic mass is 10.1. The largest absolute Gasteiger partial charge is 0.214 e. The summed E-state index contributed by atoms with van der Waals surface area (Å²) < 4.78 is 0. The summed E-state index contributed by atoms with van der Waals surface area (Å²) in [6, 6.07) is 7.20. The molecule has 0 saturated heterocycles. The Balaban J connectivity index is 2.17. The Labute approximate surface area is 128 Å². The van der Waals surface area contributed by atoms with Crippen LogP contribution in [0.25, 0.3) is 22.6 Å². The fourth-order valence-electron chi connectivity index (χ4n) is 1.72. The van der Waals surface area contributed by atoms with Crippen LogP contribution in [0.1, 0.15) is 0 Å². The minimum atomic E-state index is 0.205. The van der Waals surface area contributed by atoms with Crippen LogP contribution in [-0.4, -0.2) is 25.4 Å². The van der Waals surface area contributed by atoms with Crippen molar-refractivity contribution in [1.82, 2.24) is 25.4 Å². The molecule has 2 aromatic heterocycles. The van der Waals surface area contributed by atoms with Gasteiger partial charge in [-0.3, -0.25) is 0 Å². The predicted molar refractivity (Wildman–Crippen MR) is 77.9 cm³/mol. The highest BCUT2D eigenvalue weighted by Gasteiger charge is 2.17. The zero-order chi connectivity index (χ0) is 14.1. The smallest absolute Gasteiger partial charge is 0.184 e. The molecule has 0 amide bonds. The normalized spacial score (nSPS) is 10.8. The lowest BCUT2D eigenvalue weighted by Crippen LogP contribution is -1.95. The molecule has 100 valence electrons. The number of hydrogen-bond acceptors (Lipinski definition) is 4. The summed E-state index contributed by atoms with van der Waals surface area (Å²) in [5, 5.41) is 11.0. The van der Waals surface area contributed by atoms with E-state index in [1.165, 1.54) is 6.20 Å². The Hall–Kier alpha value is -1.69. The number of aromatic nitrogens is 5. The molecule has 1 aromatic carbocycles. The van der Waals surface area contributed by atoms with Gasteiger partial charge in [-0.1, -0.05) is 53.0 Å². The summed E-state index contributed by atoms with van der Waals surface area (Å²) in [6.07, 6.45) is 1.48. The SMILES string of the molecule is Clc1ccccc1-c1c(Cl)nc(-c2cn[nH]n2)nc1Cl. The van der Waals surface area contributed by atoms with E-state index in [1.54, 1.807) is 12.1 Å². The van der Waals surface area contributed by atoms with Crippen molar-refractivity contribution < 1.29 is 0 Å². The highest BCUT2D eigenvalue weighted by Crippen LogP contribution is 2.37. The van der Waals surface area contributed by atoms with Gasteiger partial charge in [0, 0.05) is 10.6 Å². The number of hydrogen-bond donors (Lipinski definition) is 1. The van der Waals surface area contributed by atoms with E-state index in [4.69, 9.17) is 34.8 Å². The van der Waals surface area contributed by atoms with Gasteiger partial charge in [-0.15, -0.1) is 0 Å². The zero-order valence-corrected chi connectivity index (χ0v) is 12.1. The molecule has 8 heteroatoms. The van der Waals surface area contributed by atoms with Crippen LogP contribution in [0.4, 0.5) is 0 Å². The van der Waals surface area contributed by atoms with E-state index >= 15 is 0 Å². The van der Waals surface area contributed by atoms with Crippen molar-refractivity contribution in [3.63, 3.8) is 0 Å². The number of rotatable bonds is 2. The van der Waals surface area contributed by atoms with Gasteiger partial charge >= 0.3 is 0 Å². The third-order valence-electron chi connectivity index (χ3n) is 2.61. The zero-order valence-electron chi connectivity index (χ0n) is 9.81. The number of H-pyrrole nitrogens is 1. The van der Waals surface area contributed by atoms with Crippen molar-refractivity contribution in [2.75, 3.05) is 0 Å². The van der Waals surface area contributed by atoms with Gasteiger partial charge in [0.25, 0.3) is 0 Å². The fourth-order valence-corrected chi connectivity index (χ4v) is 2.54. The van der Waals surface area contributed by atoms with E-state index in [9.17, 15) is 0 Å². The van der Waals surface area contributed by atoms with E-state index in [2.05, 4.69) is 25.4 Å². The Morgan fingerprint density at radius 2 is 1.65 bits per heavy atom. The standard InChI is InChI=1S/C12H6Cl3N5/c13-7-4-2-1-3-6(7)9-10(14)17-12(18-11(9)15)8-5-16-20-19-8/h1-5H,(H,16,19,20). The van der Waals surface area contributed by atoms with Gasteiger partial charge in [-0.2, -0.15) is 15.4 Å². The maximum absolute atomic E-state index is 6.21. The molecule has 3 aromatic rings.